The smallest absolute Gasteiger partial charge is 0.259 e. The lowest BCUT2D eigenvalue weighted by atomic mass is 10.2. The summed E-state index contributed by atoms with van der Waals surface area (Å²) in [5.41, 5.74) is 2.62. The molecule has 4 aromatic rings. The second kappa shape index (κ2) is 8.37. The second-order valence-electron chi connectivity index (χ2n) is 6.59. The third kappa shape index (κ3) is 4.13. The molecular formula is C22H21N3O2S. The highest BCUT2D eigenvalue weighted by Gasteiger charge is 2.11. The molecule has 28 heavy (non-hydrogen) atoms. The highest BCUT2D eigenvalue weighted by atomic mass is 32.1. The molecule has 0 bridgehead atoms. The van der Waals surface area contributed by atoms with Gasteiger partial charge >= 0.3 is 0 Å². The molecule has 0 aliphatic carbocycles. The van der Waals surface area contributed by atoms with Crippen molar-refractivity contribution in [2.45, 2.75) is 6.54 Å². The van der Waals surface area contributed by atoms with Crippen LogP contribution in [-0.2, 0) is 6.54 Å². The fourth-order valence-corrected chi connectivity index (χ4v) is 3.97. The van der Waals surface area contributed by atoms with Crippen molar-refractivity contribution in [3.63, 3.8) is 0 Å². The molecule has 0 aliphatic heterocycles. The Kier molecular flexibility index (Phi) is 5.50. The number of rotatable bonds is 7. The van der Waals surface area contributed by atoms with Gasteiger partial charge in [-0.15, -0.1) is 11.3 Å². The molecule has 0 atom stereocenters. The summed E-state index contributed by atoms with van der Waals surface area (Å²) in [6.45, 7) is 1.93. The van der Waals surface area contributed by atoms with E-state index in [2.05, 4.69) is 9.88 Å². The van der Waals surface area contributed by atoms with Gasteiger partial charge in [0.2, 0.25) is 0 Å². The van der Waals surface area contributed by atoms with Gasteiger partial charge in [-0.25, -0.2) is 4.98 Å². The van der Waals surface area contributed by atoms with Crippen LogP contribution in [0.2, 0.25) is 0 Å². The predicted molar refractivity (Wildman–Crippen MR) is 113 cm³/mol. The molecule has 2 aromatic carbocycles. The zero-order valence-corrected chi connectivity index (χ0v) is 16.4. The van der Waals surface area contributed by atoms with E-state index in [1.807, 2.05) is 73.1 Å². The van der Waals surface area contributed by atoms with Crippen molar-refractivity contribution in [3.8, 4) is 17.0 Å². The quantitative estimate of drug-likeness (QED) is 0.479. The molecule has 142 valence electrons. The van der Waals surface area contributed by atoms with Crippen molar-refractivity contribution < 1.29 is 4.74 Å². The molecule has 6 heteroatoms. The maximum Gasteiger partial charge on any atom is 0.259 e. The molecule has 2 aromatic heterocycles. The Hall–Kier alpha value is -2.96. The number of para-hydroxylation sites is 1. The van der Waals surface area contributed by atoms with Crippen LogP contribution in [0.3, 0.4) is 0 Å². The van der Waals surface area contributed by atoms with E-state index in [-0.39, 0.29) is 5.56 Å². The molecule has 0 unspecified atom stereocenters. The normalized spacial score (nSPS) is 11.2. The van der Waals surface area contributed by atoms with Crippen LogP contribution in [0.15, 0.2) is 76.9 Å². The van der Waals surface area contributed by atoms with Crippen molar-refractivity contribution in [3.05, 3.63) is 88.2 Å². The van der Waals surface area contributed by atoms with Gasteiger partial charge in [-0.1, -0.05) is 48.5 Å². The molecule has 4 rings (SSSR count). The lowest BCUT2D eigenvalue weighted by Gasteiger charge is -2.16. The van der Waals surface area contributed by atoms with Gasteiger partial charge in [-0.05, 0) is 24.7 Å². The van der Waals surface area contributed by atoms with Crippen LogP contribution in [-0.4, -0.2) is 34.5 Å². The fraction of sp³-hybridized carbons (Fsp3) is 0.182. The van der Waals surface area contributed by atoms with E-state index < -0.39 is 0 Å². The summed E-state index contributed by atoms with van der Waals surface area (Å²) in [6.07, 6.45) is 0. The van der Waals surface area contributed by atoms with Crippen LogP contribution >= 0.6 is 11.3 Å². The molecule has 0 amide bonds. The number of aromatic nitrogens is 2. The Morgan fingerprint density at radius 2 is 1.79 bits per heavy atom. The van der Waals surface area contributed by atoms with Crippen LogP contribution in [0.4, 0.5) is 0 Å². The molecular weight excluding hydrogens is 370 g/mol. The predicted octanol–water partition coefficient (Wildman–Crippen LogP) is 3.93. The first-order chi connectivity index (χ1) is 13.7. The van der Waals surface area contributed by atoms with Gasteiger partial charge in [0.25, 0.3) is 5.56 Å². The first-order valence-corrected chi connectivity index (χ1v) is 10.0. The number of ether oxygens (including phenoxy) is 1. The standard InChI is InChI=1S/C22H21N3O2S/c1-24(12-13-27-19-10-6-3-7-11-19)15-18-14-21(26)25-20(16-28-22(25)23-18)17-8-4-2-5-9-17/h2-11,14,16H,12-13,15H2,1H3. The summed E-state index contributed by atoms with van der Waals surface area (Å²) in [5.74, 6) is 0.862. The van der Waals surface area contributed by atoms with Crippen LogP contribution in [0, 0.1) is 0 Å². The number of hydrogen-bond acceptors (Lipinski definition) is 5. The van der Waals surface area contributed by atoms with Crippen molar-refractivity contribution in [2.24, 2.45) is 0 Å². The monoisotopic (exact) mass is 391 g/mol. The maximum atomic E-state index is 12.7. The summed E-state index contributed by atoms with van der Waals surface area (Å²) >= 11 is 1.49. The number of benzene rings is 2. The number of fused-ring (bicyclic) bond motifs is 1. The van der Waals surface area contributed by atoms with Crippen molar-refractivity contribution >= 4 is 16.3 Å². The molecule has 0 saturated heterocycles. The van der Waals surface area contributed by atoms with Crippen molar-refractivity contribution in [1.29, 1.82) is 0 Å². The summed E-state index contributed by atoms with van der Waals surface area (Å²) < 4.78 is 7.42. The van der Waals surface area contributed by atoms with Gasteiger partial charge in [-0.2, -0.15) is 0 Å². The van der Waals surface area contributed by atoms with Crippen LogP contribution in [0.1, 0.15) is 5.69 Å². The molecule has 0 N–H and O–H groups in total. The summed E-state index contributed by atoms with van der Waals surface area (Å²) in [4.78, 5) is 20.2. The average molecular weight is 391 g/mol. The number of likely N-dealkylation sites (N-methyl/N-ethyl adjacent to an activating group) is 1. The minimum absolute atomic E-state index is 0.0472. The average Bonchev–Trinajstić information content (AvgIpc) is 3.14. The van der Waals surface area contributed by atoms with Gasteiger partial charge < -0.3 is 4.74 Å². The SMILES string of the molecule is CN(CCOc1ccccc1)Cc1cc(=O)n2c(-c3ccccc3)csc2n1. The molecule has 0 saturated carbocycles. The van der Waals surface area contributed by atoms with Gasteiger partial charge in [0.1, 0.15) is 12.4 Å². The molecule has 0 spiro atoms. The van der Waals surface area contributed by atoms with Gasteiger partial charge in [-0.3, -0.25) is 14.1 Å². The Bertz CT molecular complexity index is 1110. The van der Waals surface area contributed by atoms with E-state index in [0.717, 1.165) is 34.2 Å². The number of nitrogens with zero attached hydrogens (tertiary/aromatic N) is 3. The molecule has 2 heterocycles. The van der Waals surface area contributed by atoms with Crippen molar-refractivity contribution in [1.82, 2.24) is 14.3 Å². The van der Waals surface area contributed by atoms with E-state index >= 15 is 0 Å². The topological polar surface area (TPSA) is 46.8 Å². The molecule has 0 fully saturated rings. The first-order valence-electron chi connectivity index (χ1n) is 9.13. The van der Waals surface area contributed by atoms with Crippen molar-refractivity contribution in [2.75, 3.05) is 20.2 Å². The van der Waals surface area contributed by atoms with Gasteiger partial charge in [0.05, 0.1) is 11.4 Å². The third-order valence-electron chi connectivity index (χ3n) is 4.44. The molecule has 5 nitrogen and oxygen atoms in total. The van der Waals surface area contributed by atoms with Crippen LogP contribution in [0.5, 0.6) is 5.75 Å². The van der Waals surface area contributed by atoms with E-state index in [4.69, 9.17) is 4.74 Å². The zero-order chi connectivity index (χ0) is 19.3. The maximum absolute atomic E-state index is 12.7. The van der Waals surface area contributed by atoms with E-state index in [1.165, 1.54) is 11.3 Å². The van der Waals surface area contributed by atoms with E-state index in [0.29, 0.717) is 13.2 Å². The summed E-state index contributed by atoms with van der Waals surface area (Å²) in [5, 5.41) is 1.99. The summed E-state index contributed by atoms with van der Waals surface area (Å²) in [6, 6.07) is 21.3. The molecule has 0 radical (unpaired) electrons. The highest BCUT2D eigenvalue weighted by Crippen LogP contribution is 2.23. The van der Waals surface area contributed by atoms with Crippen LogP contribution in [0.25, 0.3) is 16.2 Å². The second-order valence-corrected chi connectivity index (χ2v) is 7.43. The minimum atomic E-state index is -0.0472. The highest BCUT2D eigenvalue weighted by molar-refractivity contribution is 7.15. The number of thiazole rings is 1. The van der Waals surface area contributed by atoms with Crippen LogP contribution < -0.4 is 10.3 Å². The Balaban J connectivity index is 1.45. The van der Waals surface area contributed by atoms with E-state index in [1.54, 1.807) is 10.5 Å². The molecule has 0 aliphatic rings. The lowest BCUT2D eigenvalue weighted by molar-refractivity contribution is 0.231. The van der Waals surface area contributed by atoms with Gasteiger partial charge in [0.15, 0.2) is 4.96 Å². The summed E-state index contributed by atoms with van der Waals surface area (Å²) in [7, 11) is 2.00. The zero-order valence-electron chi connectivity index (χ0n) is 15.6. The minimum Gasteiger partial charge on any atom is -0.492 e. The van der Waals surface area contributed by atoms with E-state index in [9.17, 15) is 4.79 Å². The van der Waals surface area contributed by atoms with Gasteiger partial charge in [0, 0.05) is 24.5 Å². The third-order valence-corrected chi connectivity index (χ3v) is 5.27. The Morgan fingerprint density at radius 1 is 1.07 bits per heavy atom. The number of hydrogen-bond donors (Lipinski definition) is 0. The Morgan fingerprint density at radius 3 is 2.54 bits per heavy atom. The largest absolute Gasteiger partial charge is 0.492 e. The fourth-order valence-electron chi connectivity index (χ4n) is 3.05. The first kappa shape index (κ1) is 18.4. The Labute approximate surface area is 167 Å². The lowest BCUT2D eigenvalue weighted by Crippen LogP contribution is -2.25.